The van der Waals surface area contributed by atoms with Gasteiger partial charge in [0.05, 0.1) is 23.5 Å². The molecule has 41 heavy (non-hydrogen) atoms. The number of nitrogens with one attached hydrogen (secondary N) is 2. The van der Waals surface area contributed by atoms with Gasteiger partial charge >= 0.3 is 6.36 Å². The number of halogens is 3. The summed E-state index contributed by atoms with van der Waals surface area (Å²) in [6.07, 6.45) is 0.415. The number of alkyl halides is 3. The number of carbonyl (C=O) groups is 2. The smallest absolute Gasteiger partial charge is 0.405 e. The number of nitrogens with zero attached hydrogens (tertiary/aromatic N) is 6. The molecule has 0 bridgehead atoms. The van der Waals surface area contributed by atoms with Crippen LogP contribution in [0.2, 0.25) is 0 Å². The van der Waals surface area contributed by atoms with Crippen molar-refractivity contribution in [2.45, 2.75) is 45.0 Å². The summed E-state index contributed by atoms with van der Waals surface area (Å²) in [7, 11) is 1.53. The molecule has 14 heteroatoms. The van der Waals surface area contributed by atoms with E-state index in [-0.39, 0.29) is 28.7 Å². The third kappa shape index (κ3) is 8.06. The molecular formula is C27H27F3N8O3. The fourth-order valence-electron chi connectivity index (χ4n) is 3.92. The van der Waals surface area contributed by atoms with Gasteiger partial charge in [-0.2, -0.15) is 5.10 Å². The minimum Gasteiger partial charge on any atom is -0.405 e. The van der Waals surface area contributed by atoms with Crippen LogP contribution in [0.15, 0.2) is 60.9 Å². The summed E-state index contributed by atoms with van der Waals surface area (Å²) in [6, 6.07) is 12.3. The van der Waals surface area contributed by atoms with Gasteiger partial charge in [-0.3, -0.25) is 19.3 Å². The Balaban J connectivity index is 1.31. The van der Waals surface area contributed by atoms with E-state index in [0.717, 1.165) is 18.5 Å². The van der Waals surface area contributed by atoms with E-state index in [4.69, 9.17) is 0 Å². The van der Waals surface area contributed by atoms with E-state index in [1.807, 2.05) is 0 Å². The van der Waals surface area contributed by atoms with Crippen LogP contribution in [0.4, 0.5) is 19.0 Å². The predicted molar refractivity (Wildman–Crippen MR) is 142 cm³/mol. The first-order valence-electron chi connectivity index (χ1n) is 12.7. The molecule has 3 aromatic heterocycles. The van der Waals surface area contributed by atoms with Gasteiger partial charge < -0.3 is 15.4 Å². The first kappa shape index (κ1) is 29.1. The molecule has 214 valence electrons. The van der Waals surface area contributed by atoms with Crippen molar-refractivity contribution in [1.82, 2.24) is 35.5 Å². The lowest BCUT2D eigenvalue weighted by Crippen LogP contribution is -2.20. The standard InChI is InChI=1S/C27H27F3N8O3/c1-17(21-15-18(12-13-32-21)20-8-3-4-9-23(20)41-27(28,29)30)25(39)33-24-11-10-19(34-36-24)7-5-6-14-38-16-22(35-37-38)26(40)31-2/h3-4,8-13,15-17H,5-7,14H2,1-2H3,(H,31,40)(H,33,36,39)/t17-/m0/s1. The molecule has 0 aliphatic carbocycles. The van der Waals surface area contributed by atoms with Crippen LogP contribution in [-0.2, 0) is 17.8 Å². The summed E-state index contributed by atoms with van der Waals surface area (Å²) in [5, 5.41) is 21.2. The number of hydrogen-bond donors (Lipinski definition) is 2. The molecule has 0 saturated heterocycles. The number of carbonyl (C=O) groups excluding carboxylic acids is 2. The van der Waals surface area contributed by atoms with Gasteiger partial charge in [-0.1, -0.05) is 23.4 Å². The largest absolute Gasteiger partial charge is 0.573 e. The van der Waals surface area contributed by atoms with Crippen LogP contribution < -0.4 is 15.4 Å². The number of anilines is 1. The number of amides is 2. The Hall–Kier alpha value is -4.88. The number of ether oxygens (including phenoxy) is 1. The second-order valence-corrected chi connectivity index (χ2v) is 9.04. The fourth-order valence-corrected chi connectivity index (χ4v) is 3.92. The van der Waals surface area contributed by atoms with Crippen molar-refractivity contribution in [2.24, 2.45) is 0 Å². The molecule has 2 N–H and O–H groups in total. The van der Waals surface area contributed by atoms with Gasteiger partial charge in [0.15, 0.2) is 11.5 Å². The number of hydrogen-bond acceptors (Lipinski definition) is 8. The third-order valence-corrected chi connectivity index (χ3v) is 6.08. The molecule has 0 fully saturated rings. The maximum Gasteiger partial charge on any atom is 0.573 e. The van der Waals surface area contributed by atoms with Gasteiger partial charge in [0.25, 0.3) is 5.91 Å². The Labute approximate surface area is 233 Å². The molecule has 0 spiro atoms. The minimum absolute atomic E-state index is 0.220. The molecule has 0 saturated carbocycles. The normalized spacial score (nSPS) is 12.0. The molecular weight excluding hydrogens is 541 g/mol. The monoisotopic (exact) mass is 568 g/mol. The molecule has 0 aliphatic rings. The number of aromatic nitrogens is 6. The molecule has 1 atom stereocenters. The van der Waals surface area contributed by atoms with E-state index in [9.17, 15) is 22.8 Å². The molecule has 11 nitrogen and oxygen atoms in total. The van der Waals surface area contributed by atoms with Crippen molar-refractivity contribution in [3.8, 4) is 16.9 Å². The zero-order chi connectivity index (χ0) is 29.4. The Morgan fingerprint density at radius 1 is 1.05 bits per heavy atom. The summed E-state index contributed by atoms with van der Waals surface area (Å²) >= 11 is 0. The fraction of sp³-hybridized carbons (Fsp3) is 0.296. The number of benzene rings is 1. The van der Waals surface area contributed by atoms with Crippen molar-refractivity contribution in [3.05, 3.63) is 78.0 Å². The van der Waals surface area contributed by atoms with Crippen LogP contribution in [0, 0.1) is 0 Å². The average Bonchev–Trinajstić information content (AvgIpc) is 3.44. The van der Waals surface area contributed by atoms with E-state index in [1.165, 1.54) is 31.4 Å². The number of unbranched alkanes of at least 4 members (excludes halogenated alkanes) is 1. The lowest BCUT2D eigenvalue weighted by Gasteiger charge is -2.15. The maximum absolute atomic E-state index is 12.9. The van der Waals surface area contributed by atoms with Gasteiger partial charge in [-0.05, 0) is 62.1 Å². The summed E-state index contributed by atoms with van der Waals surface area (Å²) in [6.45, 7) is 2.23. The minimum atomic E-state index is -4.84. The highest BCUT2D eigenvalue weighted by atomic mass is 19.4. The molecule has 3 heterocycles. The third-order valence-electron chi connectivity index (χ3n) is 6.08. The summed E-state index contributed by atoms with van der Waals surface area (Å²) in [5.74, 6) is -1.51. The van der Waals surface area contributed by atoms with Crippen LogP contribution in [-0.4, -0.2) is 55.4 Å². The second kappa shape index (κ2) is 13.0. The summed E-state index contributed by atoms with van der Waals surface area (Å²) in [4.78, 5) is 28.7. The first-order valence-corrected chi connectivity index (χ1v) is 12.7. The van der Waals surface area contributed by atoms with E-state index in [1.54, 1.807) is 48.1 Å². The Morgan fingerprint density at radius 3 is 2.59 bits per heavy atom. The maximum atomic E-state index is 12.9. The number of aryl methyl sites for hydroxylation is 2. The lowest BCUT2D eigenvalue weighted by atomic mass is 10.00. The molecule has 0 unspecified atom stereocenters. The van der Waals surface area contributed by atoms with Gasteiger partial charge in [-0.25, -0.2) is 0 Å². The van der Waals surface area contributed by atoms with Gasteiger partial charge in [-0.15, -0.1) is 23.4 Å². The highest BCUT2D eigenvalue weighted by Crippen LogP contribution is 2.34. The summed E-state index contributed by atoms with van der Waals surface area (Å²) < 4.78 is 44.3. The number of pyridine rings is 1. The molecule has 0 radical (unpaired) electrons. The van der Waals surface area contributed by atoms with Crippen molar-refractivity contribution < 1.29 is 27.5 Å². The van der Waals surface area contributed by atoms with Gasteiger partial charge in [0.1, 0.15) is 5.75 Å². The van der Waals surface area contributed by atoms with Crippen LogP contribution >= 0.6 is 0 Å². The van der Waals surface area contributed by atoms with Crippen LogP contribution in [0.1, 0.15) is 47.6 Å². The Morgan fingerprint density at radius 2 is 1.85 bits per heavy atom. The molecule has 2 amide bonds. The first-order chi connectivity index (χ1) is 19.6. The molecule has 1 aromatic carbocycles. The highest BCUT2D eigenvalue weighted by molar-refractivity contribution is 5.94. The summed E-state index contributed by atoms with van der Waals surface area (Å²) in [5.41, 5.74) is 2.01. The molecule has 4 aromatic rings. The SMILES string of the molecule is CNC(=O)c1cn(CCCCc2ccc(NC(=O)[C@@H](C)c3cc(-c4ccccc4OC(F)(F)F)ccn3)nn2)nn1. The van der Waals surface area contributed by atoms with Crippen molar-refractivity contribution in [1.29, 1.82) is 0 Å². The van der Waals surface area contributed by atoms with Crippen LogP contribution in [0.5, 0.6) is 5.75 Å². The molecule has 0 aliphatic heterocycles. The highest BCUT2D eigenvalue weighted by Gasteiger charge is 2.32. The zero-order valence-electron chi connectivity index (χ0n) is 22.2. The number of para-hydroxylation sites is 1. The van der Waals surface area contributed by atoms with E-state index in [0.29, 0.717) is 24.2 Å². The van der Waals surface area contributed by atoms with Crippen molar-refractivity contribution in [3.63, 3.8) is 0 Å². The number of rotatable bonds is 11. The van der Waals surface area contributed by atoms with Gasteiger partial charge in [0.2, 0.25) is 5.91 Å². The second-order valence-electron chi connectivity index (χ2n) is 9.04. The quantitative estimate of drug-likeness (QED) is 0.258. The molecule has 4 rings (SSSR count). The van der Waals surface area contributed by atoms with Gasteiger partial charge in [0, 0.05) is 25.4 Å². The predicted octanol–water partition coefficient (Wildman–Crippen LogP) is 4.15. The zero-order valence-corrected chi connectivity index (χ0v) is 22.2. The Bertz CT molecular complexity index is 1490. The van der Waals surface area contributed by atoms with E-state index < -0.39 is 18.2 Å². The lowest BCUT2D eigenvalue weighted by molar-refractivity contribution is -0.274. The van der Waals surface area contributed by atoms with Crippen molar-refractivity contribution >= 4 is 17.6 Å². The topological polar surface area (TPSA) is 137 Å². The van der Waals surface area contributed by atoms with Crippen molar-refractivity contribution in [2.75, 3.05) is 12.4 Å². The average molecular weight is 569 g/mol. The van der Waals surface area contributed by atoms with E-state index >= 15 is 0 Å². The Kier molecular flexibility index (Phi) is 9.22. The van der Waals surface area contributed by atoms with Crippen LogP contribution in [0.3, 0.4) is 0 Å². The van der Waals surface area contributed by atoms with E-state index in [2.05, 4.69) is 40.9 Å². The van der Waals surface area contributed by atoms with Crippen LogP contribution in [0.25, 0.3) is 11.1 Å².